The van der Waals surface area contributed by atoms with Gasteiger partial charge >= 0.3 is 0 Å². The third-order valence-electron chi connectivity index (χ3n) is 6.38. The average Bonchev–Trinajstić information content (AvgIpc) is 2.88. The molecular formula is C27H33N7O4S. The molecule has 3 aromatic carbocycles. The fourth-order valence-electron chi connectivity index (χ4n) is 4.38. The largest absolute Gasteiger partial charge is 0.490 e. The maximum atomic E-state index is 11.6. The number of carbonyl (C=O) groups excluding carboxylic acids is 1. The summed E-state index contributed by atoms with van der Waals surface area (Å²) in [5, 5.41) is 17.4. The molecule has 4 rings (SSSR count). The lowest BCUT2D eigenvalue weighted by molar-refractivity contribution is -0.118. The molecule has 0 aromatic heterocycles. The van der Waals surface area contributed by atoms with Gasteiger partial charge in [-0.1, -0.05) is 24.3 Å². The van der Waals surface area contributed by atoms with Gasteiger partial charge in [-0.15, -0.1) is 0 Å². The summed E-state index contributed by atoms with van der Waals surface area (Å²) in [7, 11) is -4.07. The van der Waals surface area contributed by atoms with E-state index >= 15 is 0 Å². The average molecular weight is 552 g/mol. The molecule has 1 aliphatic heterocycles. The molecule has 11 nitrogen and oxygen atoms in total. The van der Waals surface area contributed by atoms with E-state index in [2.05, 4.69) is 15.2 Å². The van der Waals surface area contributed by atoms with E-state index in [4.69, 9.17) is 21.0 Å². The van der Waals surface area contributed by atoms with Gasteiger partial charge in [0.2, 0.25) is 5.91 Å². The molecule has 206 valence electrons. The summed E-state index contributed by atoms with van der Waals surface area (Å²) in [6.07, 6.45) is 1.91. The van der Waals surface area contributed by atoms with E-state index in [-0.39, 0.29) is 12.6 Å². The van der Waals surface area contributed by atoms with E-state index in [0.29, 0.717) is 23.9 Å². The minimum atomic E-state index is -4.07. The number of piperidine rings is 1. The third kappa shape index (κ3) is 8.24. The van der Waals surface area contributed by atoms with E-state index in [9.17, 15) is 13.2 Å². The number of nitrogens with zero attached hydrogens (tertiary/aromatic N) is 2. The molecule has 1 heterocycles. The number of likely N-dealkylation sites (tertiary alicyclic amines) is 1. The van der Waals surface area contributed by atoms with Gasteiger partial charge in [0.25, 0.3) is 10.2 Å². The van der Waals surface area contributed by atoms with Gasteiger partial charge in [0.1, 0.15) is 17.7 Å². The number of aliphatic imine (C=N–C) groups is 1. The molecule has 0 saturated carbocycles. The second-order valence-corrected chi connectivity index (χ2v) is 10.7. The lowest BCUT2D eigenvalue weighted by atomic mass is 10.0. The van der Waals surface area contributed by atoms with Gasteiger partial charge in [-0.05, 0) is 59.7 Å². The Bertz CT molecular complexity index is 1480. The SMILES string of the molecule is CC(=N)N1CCC(Oc2ccc(N=C(N)c3ccc4ccc(CNCC(=O)NS(N)(=O)=O)cc4c3)cc2)CC1. The van der Waals surface area contributed by atoms with E-state index < -0.39 is 16.1 Å². The predicted octanol–water partition coefficient (Wildman–Crippen LogP) is 2.13. The Kier molecular flexibility index (Phi) is 8.79. The molecule has 0 radical (unpaired) electrons. The standard InChI is InChI=1S/C27H33N7O4S/c1-18(28)34-12-10-25(11-13-34)38-24-8-6-23(7-9-24)32-27(29)21-5-4-20-3-2-19(14-22(20)15-21)16-31-17-26(35)33-39(30,36)37/h2-9,14-15,25,28,31H,10-13,16-17H2,1H3,(H2,29,32)(H,33,35)(H2,30,36,37). The van der Waals surface area contributed by atoms with Gasteiger partial charge in [-0.3, -0.25) is 10.2 Å². The van der Waals surface area contributed by atoms with Crippen LogP contribution < -0.4 is 25.6 Å². The number of rotatable bonds is 9. The van der Waals surface area contributed by atoms with Crippen molar-refractivity contribution < 1.29 is 17.9 Å². The maximum absolute atomic E-state index is 11.6. The Hall–Kier alpha value is -4.00. The molecule has 0 spiro atoms. The van der Waals surface area contributed by atoms with Crippen molar-refractivity contribution in [2.75, 3.05) is 19.6 Å². The predicted molar refractivity (Wildman–Crippen MR) is 152 cm³/mol. The summed E-state index contributed by atoms with van der Waals surface area (Å²) in [6.45, 7) is 3.65. The second-order valence-electron chi connectivity index (χ2n) is 9.45. The Morgan fingerprint density at radius 1 is 1.08 bits per heavy atom. The van der Waals surface area contributed by atoms with Crippen molar-refractivity contribution in [3.63, 3.8) is 0 Å². The Balaban J connectivity index is 1.36. The highest BCUT2D eigenvalue weighted by molar-refractivity contribution is 7.87. The fraction of sp³-hybridized carbons (Fsp3) is 0.296. The zero-order valence-corrected chi connectivity index (χ0v) is 22.5. The van der Waals surface area contributed by atoms with Gasteiger partial charge < -0.3 is 20.7 Å². The molecule has 1 aliphatic rings. The third-order valence-corrected chi connectivity index (χ3v) is 6.89. The number of carbonyl (C=O) groups is 1. The normalized spacial score (nSPS) is 14.8. The van der Waals surface area contributed by atoms with Gasteiger partial charge in [0, 0.05) is 38.0 Å². The van der Waals surface area contributed by atoms with Crippen molar-refractivity contribution in [2.45, 2.75) is 32.4 Å². The van der Waals surface area contributed by atoms with Crippen molar-refractivity contribution in [1.82, 2.24) is 14.9 Å². The fourth-order valence-corrected chi connectivity index (χ4v) is 4.77. The first-order valence-corrected chi connectivity index (χ1v) is 14.1. The first-order valence-electron chi connectivity index (χ1n) is 12.5. The van der Waals surface area contributed by atoms with Gasteiger partial charge in [-0.25, -0.2) is 14.9 Å². The number of hydrogen-bond donors (Lipinski definition) is 5. The number of fused-ring (bicyclic) bond motifs is 1. The summed E-state index contributed by atoms with van der Waals surface area (Å²) < 4.78 is 29.7. The van der Waals surface area contributed by atoms with E-state index in [1.165, 1.54) is 0 Å². The van der Waals surface area contributed by atoms with Crippen molar-refractivity contribution in [3.8, 4) is 5.75 Å². The molecule has 39 heavy (non-hydrogen) atoms. The number of amidine groups is 2. The molecule has 1 amide bonds. The second kappa shape index (κ2) is 12.2. The van der Waals surface area contributed by atoms with Gasteiger partial charge in [0.15, 0.2) is 0 Å². The molecule has 0 unspecified atom stereocenters. The van der Waals surface area contributed by atoms with Crippen LogP contribution in [0.15, 0.2) is 65.7 Å². The first-order chi connectivity index (χ1) is 18.6. The van der Waals surface area contributed by atoms with Crippen molar-refractivity contribution >= 4 is 44.2 Å². The zero-order valence-electron chi connectivity index (χ0n) is 21.7. The minimum Gasteiger partial charge on any atom is -0.490 e. The molecule has 0 bridgehead atoms. The number of hydrogen-bond acceptors (Lipinski definition) is 7. The Morgan fingerprint density at radius 2 is 1.77 bits per heavy atom. The summed E-state index contributed by atoms with van der Waals surface area (Å²) in [5.74, 6) is 1.03. The van der Waals surface area contributed by atoms with E-state index in [0.717, 1.165) is 53.6 Å². The van der Waals surface area contributed by atoms with Crippen LogP contribution in [-0.4, -0.2) is 56.6 Å². The number of ether oxygens (including phenoxy) is 1. The number of nitrogens with two attached hydrogens (primary N) is 2. The van der Waals surface area contributed by atoms with E-state index in [1.54, 1.807) is 4.72 Å². The smallest absolute Gasteiger partial charge is 0.298 e. The van der Waals surface area contributed by atoms with Crippen LogP contribution in [0, 0.1) is 5.41 Å². The summed E-state index contributed by atoms with van der Waals surface area (Å²) >= 11 is 0. The monoisotopic (exact) mass is 551 g/mol. The van der Waals surface area contributed by atoms with Crippen LogP contribution in [0.25, 0.3) is 10.8 Å². The van der Waals surface area contributed by atoms with Crippen LogP contribution in [0.5, 0.6) is 5.75 Å². The first kappa shape index (κ1) is 28.0. The lowest BCUT2D eigenvalue weighted by Crippen LogP contribution is -2.41. The molecule has 0 atom stereocenters. The molecule has 3 aromatic rings. The molecule has 1 fully saturated rings. The van der Waals surface area contributed by atoms with Crippen LogP contribution in [0.4, 0.5) is 5.69 Å². The quantitative estimate of drug-likeness (QED) is 0.200. The minimum absolute atomic E-state index is 0.136. The van der Waals surface area contributed by atoms with Gasteiger partial charge in [-0.2, -0.15) is 8.42 Å². The van der Waals surface area contributed by atoms with Crippen LogP contribution >= 0.6 is 0 Å². The summed E-state index contributed by atoms with van der Waals surface area (Å²) in [4.78, 5) is 18.2. The molecule has 0 aliphatic carbocycles. The molecule has 7 N–H and O–H groups in total. The highest BCUT2D eigenvalue weighted by atomic mass is 32.2. The molecule has 1 saturated heterocycles. The van der Waals surface area contributed by atoms with Crippen LogP contribution in [0.1, 0.15) is 30.9 Å². The highest BCUT2D eigenvalue weighted by Gasteiger charge is 2.20. The Morgan fingerprint density at radius 3 is 2.44 bits per heavy atom. The van der Waals surface area contributed by atoms with Gasteiger partial charge in [0.05, 0.1) is 18.1 Å². The summed E-state index contributed by atoms with van der Waals surface area (Å²) in [6, 6.07) is 19.2. The molecule has 12 heteroatoms. The van der Waals surface area contributed by atoms with Crippen LogP contribution in [-0.2, 0) is 21.5 Å². The van der Waals surface area contributed by atoms with Crippen LogP contribution in [0.3, 0.4) is 0 Å². The topological polar surface area (TPSA) is 176 Å². The van der Waals surface area contributed by atoms with Crippen LogP contribution in [0.2, 0.25) is 0 Å². The number of benzene rings is 3. The zero-order chi connectivity index (χ0) is 28.0. The summed E-state index contributed by atoms with van der Waals surface area (Å²) in [5.41, 5.74) is 8.72. The Labute approximate surface area is 227 Å². The highest BCUT2D eigenvalue weighted by Crippen LogP contribution is 2.24. The maximum Gasteiger partial charge on any atom is 0.298 e. The van der Waals surface area contributed by atoms with E-state index in [1.807, 2.05) is 67.6 Å². The molecular weight excluding hydrogens is 518 g/mol. The number of amides is 1. The number of nitrogens with one attached hydrogen (secondary N) is 3. The lowest BCUT2D eigenvalue weighted by Gasteiger charge is -2.32. The van der Waals surface area contributed by atoms with Crippen molar-refractivity contribution in [1.29, 1.82) is 5.41 Å². The van der Waals surface area contributed by atoms with Crippen molar-refractivity contribution in [2.24, 2.45) is 15.9 Å². The van der Waals surface area contributed by atoms with Crippen molar-refractivity contribution in [3.05, 3.63) is 71.8 Å².